The second-order valence-corrected chi connectivity index (χ2v) is 5.90. The molecule has 90 valence electrons. The van der Waals surface area contributed by atoms with Crippen LogP contribution >= 0.6 is 23.1 Å². The summed E-state index contributed by atoms with van der Waals surface area (Å²) < 4.78 is 0. The minimum Gasteiger partial charge on any atom is -0.392 e. The first-order chi connectivity index (χ1) is 8.24. The first kappa shape index (κ1) is 12.6. The van der Waals surface area contributed by atoms with Crippen LogP contribution in [0.4, 0.5) is 0 Å². The maximum absolute atomic E-state index is 9.92. The standard InChI is InChI=1S/C13H15NOS2/c1-10-8-17-13(14-10)7-11(15)9-16-12-5-3-2-4-6-12/h2-6,8,11,15H,7,9H2,1H3. The van der Waals surface area contributed by atoms with E-state index in [2.05, 4.69) is 17.1 Å². The molecule has 0 aliphatic carbocycles. The van der Waals surface area contributed by atoms with Crippen LogP contribution in [0.15, 0.2) is 40.6 Å². The Morgan fingerprint density at radius 1 is 1.35 bits per heavy atom. The Morgan fingerprint density at radius 2 is 2.12 bits per heavy atom. The Hall–Kier alpha value is -0.840. The topological polar surface area (TPSA) is 33.1 Å². The third-order valence-electron chi connectivity index (χ3n) is 2.26. The average Bonchev–Trinajstić information content (AvgIpc) is 2.73. The lowest BCUT2D eigenvalue weighted by molar-refractivity contribution is 0.200. The van der Waals surface area contributed by atoms with Crippen molar-refractivity contribution in [1.29, 1.82) is 0 Å². The molecule has 1 aromatic heterocycles. The van der Waals surface area contributed by atoms with Gasteiger partial charge >= 0.3 is 0 Å². The molecule has 0 bridgehead atoms. The van der Waals surface area contributed by atoms with Crippen molar-refractivity contribution < 1.29 is 5.11 Å². The first-order valence-corrected chi connectivity index (χ1v) is 7.37. The first-order valence-electron chi connectivity index (χ1n) is 5.51. The van der Waals surface area contributed by atoms with E-state index in [-0.39, 0.29) is 6.10 Å². The third kappa shape index (κ3) is 4.15. The van der Waals surface area contributed by atoms with E-state index in [1.807, 2.05) is 30.5 Å². The molecule has 2 aromatic rings. The van der Waals surface area contributed by atoms with Gasteiger partial charge in [-0.3, -0.25) is 0 Å². The Bertz CT molecular complexity index is 455. The molecule has 1 N–H and O–H groups in total. The third-order valence-corrected chi connectivity index (χ3v) is 4.41. The zero-order valence-electron chi connectivity index (χ0n) is 9.67. The van der Waals surface area contributed by atoms with E-state index < -0.39 is 0 Å². The Kier molecular flexibility index (Phi) is 4.59. The number of thiazole rings is 1. The van der Waals surface area contributed by atoms with Crippen molar-refractivity contribution in [2.75, 3.05) is 5.75 Å². The molecule has 0 saturated heterocycles. The fourth-order valence-corrected chi connectivity index (χ4v) is 3.16. The molecular weight excluding hydrogens is 250 g/mol. The zero-order chi connectivity index (χ0) is 12.1. The van der Waals surface area contributed by atoms with Gasteiger partial charge in [-0.15, -0.1) is 23.1 Å². The smallest absolute Gasteiger partial charge is 0.0954 e. The Balaban J connectivity index is 1.80. The number of aromatic nitrogens is 1. The molecule has 0 saturated carbocycles. The summed E-state index contributed by atoms with van der Waals surface area (Å²) in [4.78, 5) is 5.55. The van der Waals surface area contributed by atoms with E-state index in [0.717, 1.165) is 10.7 Å². The number of aliphatic hydroxyl groups excluding tert-OH is 1. The van der Waals surface area contributed by atoms with Gasteiger partial charge in [0.05, 0.1) is 11.1 Å². The summed E-state index contributed by atoms with van der Waals surface area (Å²) in [6.07, 6.45) is 0.323. The van der Waals surface area contributed by atoms with Crippen molar-refractivity contribution in [3.8, 4) is 0 Å². The number of aryl methyl sites for hydroxylation is 1. The maximum atomic E-state index is 9.92. The molecule has 1 heterocycles. The Morgan fingerprint density at radius 3 is 2.76 bits per heavy atom. The van der Waals surface area contributed by atoms with Gasteiger partial charge in [-0.1, -0.05) is 18.2 Å². The average molecular weight is 265 g/mol. The fourth-order valence-electron chi connectivity index (χ4n) is 1.47. The lowest BCUT2D eigenvalue weighted by atomic mass is 10.3. The molecule has 2 rings (SSSR count). The summed E-state index contributed by atoms with van der Waals surface area (Å²) in [5.41, 5.74) is 1.04. The largest absolute Gasteiger partial charge is 0.392 e. The minimum atomic E-state index is -0.328. The number of hydrogen-bond donors (Lipinski definition) is 1. The summed E-state index contributed by atoms with van der Waals surface area (Å²) in [6.45, 7) is 1.98. The van der Waals surface area contributed by atoms with Crippen LogP contribution in [0.3, 0.4) is 0 Å². The van der Waals surface area contributed by atoms with Crippen molar-refractivity contribution in [3.63, 3.8) is 0 Å². The van der Waals surface area contributed by atoms with Gasteiger partial charge < -0.3 is 5.11 Å². The molecule has 0 fully saturated rings. The van der Waals surface area contributed by atoms with E-state index in [1.165, 1.54) is 4.90 Å². The number of thioether (sulfide) groups is 1. The van der Waals surface area contributed by atoms with Crippen molar-refractivity contribution in [1.82, 2.24) is 4.98 Å². The van der Waals surface area contributed by atoms with Gasteiger partial charge in [-0.25, -0.2) is 4.98 Å². The molecule has 0 radical (unpaired) electrons. The van der Waals surface area contributed by atoms with Crippen molar-refractivity contribution in [2.45, 2.75) is 24.3 Å². The number of aliphatic hydroxyl groups is 1. The van der Waals surface area contributed by atoms with Crippen molar-refractivity contribution >= 4 is 23.1 Å². The highest BCUT2D eigenvalue weighted by Gasteiger charge is 2.08. The van der Waals surface area contributed by atoms with Gasteiger partial charge in [-0.05, 0) is 19.1 Å². The zero-order valence-corrected chi connectivity index (χ0v) is 11.3. The number of nitrogens with zero attached hydrogens (tertiary/aromatic N) is 1. The molecule has 1 atom stereocenters. The highest BCUT2D eigenvalue weighted by molar-refractivity contribution is 7.99. The second kappa shape index (κ2) is 6.19. The highest BCUT2D eigenvalue weighted by Crippen LogP contribution is 2.20. The normalized spacial score (nSPS) is 12.6. The quantitative estimate of drug-likeness (QED) is 0.843. The predicted octanol–water partition coefficient (Wildman–Crippen LogP) is 3.15. The van der Waals surface area contributed by atoms with Crippen LogP contribution in [0.2, 0.25) is 0 Å². The molecule has 1 aromatic carbocycles. The monoisotopic (exact) mass is 265 g/mol. The highest BCUT2D eigenvalue weighted by atomic mass is 32.2. The van der Waals surface area contributed by atoms with E-state index in [0.29, 0.717) is 12.2 Å². The maximum Gasteiger partial charge on any atom is 0.0954 e. The van der Waals surface area contributed by atoms with Gasteiger partial charge in [-0.2, -0.15) is 0 Å². The van der Waals surface area contributed by atoms with Crippen molar-refractivity contribution in [2.24, 2.45) is 0 Å². The molecular formula is C13H15NOS2. The van der Waals surface area contributed by atoms with Crippen LogP contribution < -0.4 is 0 Å². The van der Waals surface area contributed by atoms with Crippen LogP contribution in [-0.2, 0) is 6.42 Å². The van der Waals surface area contributed by atoms with E-state index >= 15 is 0 Å². The lowest BCUT2D eigenvalue weighted by Gasteiger charge is -2.08. The van der Waals surface area contributed by atoms with Crippen LogP contribution in [0.25, 0.3) is 0 Å². The van der Waals surface area contributed by atoms with E-state index in [1.54, 1.807) is 23.1 Å². The summed E-state index contributed by atoms with van der Waals surface area (Å²) >= 11 is 3.30. The summed E-state index contributed by atoms with van der Waals surface area (Å²) in [6, 6.07) is 10.1. The minimum absolute atomic E-state index is 0.328. The second-order valence-electron chi connectivity index (χ2n) is 3.86. The molecule has 17 heavy (non-hydrogen) atoms. The molecule has 4 heteroatoms. The molecule has 0 spiro atoms. The fraction of sp³-hybridized carbons (Fsp3) is 0.308. The molecule has 0 amide bonds. The van der Waals surface area contributed by atoms with Gasteiger partial charge in [0.2, 0.25) is 0 Å². The van der Waals surface area contributed by atoms with Gasteiger partial charge in [0.25, 0.3) is 0 Å². The molecule has 0 aliphatic heterocycles. The predicted molar refractivity (Wildman–Crippen MR) is 73.7 cm³/mol. The lowest BCUT2D eigenvalue weighted by Crippen LogP contribution is -2.13. The number of benzene rings is 1. The van der Waals surface area contributed by atoms with Crippen molar-refractivity contribution in [3.05, 3.63) is 46.4 Å². The van der Waals surface area contributed by atoms with Crippen LogP contribution in [0, 0.1) is 6.92 Å². The van der Waals surface area contributed by atoms with Gasteiger partial charge in [0.15, 0.2) is 0 Å². The van der Waals surface area contributed by atoms with E-state index in [4.69, 9.17) is 0 Å². The van der Waals surface area contributed by atoms with Crippen LogP contribution in [-0.4, -0.2) is 21.9 Å². The molecule has 0 aliphatic rings. The molecule has 1 unspecified atom stereocenters. The summed E-state index contributed by atoms with van der Waals surface area (Å²) in [7, 11) is 0. The number of hydrogen-bond acceptors (Lipinski definition) is 4. The van der Waals surface area contributed by atoms with Crippen LogP contribution in [0.1, 0.15) is 10.7 Å². The summed E-state index contributed by atoms with van der Waals surface area (Å²) in [5, 5.41) is 13.0. The summed E-state index contributed by atoms with van der Waals surface area (Å²) in [5.74, 6) is 0.711. The SMILES string of the molecule is Cc1csc(CC(O)CSc2ccccc2)n1. The van der Waals surface area contributed by atoms with E-state index in [9.17, 15) is 5.11 Å². The van der Waals surface area contributed by atoms with Gasteiger partial charge in [0.1, 0.15) is 0 Å². The Labute approximate surface area is 110 Å². The molecule has 2 nitrogen and oxygen atoms in total. The number of rotatable bonds is 5. The van der Waals surface area contributed by atoms with Crippen LogP contribution in [0.5, 0.6) is 0 Å². The van der Waals surface area contributed by atoms with Gasteiger partial charge in [0, 0.05) is 28.1 Å².